The quantitative estimate of drug-likeness (QED) is 0.179. The SMILES string of the molecule is C=C1C=C(c2ccccc2)N(C)c2cc3c(cc21)[B]c1c(-c2cc4c(cc2Nc2ccc(C(C)(C)C)cc2)oc2cc5c(cc24)C(C)(C)CCC5(C)C)ccc2c4cc5c(cc4n-3c12)C(C)(C)c1ccccc1-5. The third kappa shape index (κ3) is 6.33. The Hall–Kier alpha value is -7.50. The van der Waals surface area contributed by atoms with Crippen LogP contribution in [-0.4, -0.2) is 18.9 Å². The number of aromatic nitrogens is 1. The van der Waals surface area contributed by atoms with E-state index in [2.05, 4.69) is 237 Å². The van der Waals surface area contributed by atoms with Gasteiger partial charge in [0.2, 0.25) is 0 Å². The first kappa shape index (κ1) is 44.2. The van der Waals surface area contributed by atoms with E-state index in [4.69, 9.17) is 11.0 Å². The van der Waals surface area contributed by atoms with Gasteiger partial charge < -0.3 is 19.2 Å². The summed E-state index contributed by atoms with van der Waals surface area (Å²) in [5, 5.41) is 8.78. The second kappa shape index (κ2) is 14.8. The van der Waals surface area contributed by atoms with Gasteiger partial charge in [-0.3, -0.25) is 0 Å². The van der Waals surface area contributed by atoms with Gasteiger partial charge in [-0.15, -0.1) is 0 Å². The lowest BCUT2D eigenvalue weighted by Gasteiger charge is -2.41. The van der Waals surface area contributed by atoms with Crippen LogP contribution in [0.5, 0.6) is 0 Å². The van der Waals surface area contributed by atoms with E-state index in [1.165, 1.54) is 93.9 Å². The van der Waals surface area contributed by atoms with E-state index in [1.807, 2.05) is 0 Å². The molecule has 357 valence electrons. The van der Waals surface area contributed by atoms with Gasteiger partial charge in [0, 0.05) is 73.8 Å². The summed E-state index contributed by atoms with van der Waals surface area (Å²) >= 11 is 0. The number of hydrogen-bond donors (Lipinski definition) is 1. The van der Waals surface area contributed by atoms with E-state index in [-0.39, 0.29) is 21.7 Å². The van der Waals surface area contributed by atoms with Crippen LogP contribution < -0.4 is 21.1 Å². The molecule has 0 atom stereocenters. The van der Waals surface area contributed by atoms with Crippen molar-refractivity contribution in [3.05, 3.63) is 191 Å². The van der Waals surface area contributed by atoms with Crippen molar-refractivity contribution in [2.24, 2.45) is 0 Å². The lowest BCUT2D eigenvalue weighted by atomic mass is 9.58. The van der Waals surface area contributed by atoms with Crippen LogP contribution in [0, 0.1) is 0 Å². The van der Waals surface area contributed by atoms with E-state index in [1.54, 1.807) is 0 Å². The van der Waals surface area contributed by atoms with Crippen molar-refractivity contribution in [1.82, 2.24) is 4.57 Å². The molecule has 4 aliphatic rings. The molecule has 4 heterocycles. The van der Waals surface area contributed by atoms with E-state index in [0.717, 1.165) is 68.9 Å². The second-order valence-corrected chi connectivity index (χ2v) is 24.5. The Morgan fingerprint density at radius 1 is 0.589 bits per heavy atom. The molecule has 2 aliphatic carbocycles. The summed E-state index contributed by atoms with van der Waals surface area (Å²) in [6, 6.07) is 52.8. The van der Waals surface area contributed by atoms with Gasteiger partial charge in [0.1, 0.15) is 11.2 Å². The van der Waals surface area contributed by atoms with Gasteiger partial charge in [-0.1, -0.05) is 159 Å². The third-order valence-electron chi connectivity index (χ3n) is 17.7. The minimum atomic E-state index is -0.156. The lowest BCUT2D eigenvalue weighted by molar-refractivity contribution is 0.332. The molecule has 1 radical (unpaired) electrons. The number of anilines is 3. The molecule has 1 N–H and O–H groups in total. The van der Waals surface area contributed by atoms with Gasteiger partial charge in [0.15, 0.2) is 7.28 Å². The van der Waals surface area contributed by atoms with Crippen molar-refractivity contribution >= 4 is 90.3 Å². The van der Waals surface area contributed by atoms with Crippen molar-refractivity contribution in [2.75, 3.05) is 17.3 Å². The molecule has 14 rings (SSSR count). The highest BCUT2D eigenvalue weighted by atomic mass is 16.3. The second-order valence-electron chi connectivity index (χ2n) is 24.5. The van der Waals surface area contributed by atoms with Crippen LogP contribution in [0.25, 0.3) is 83.0 Å². The average Bonchev–Trinajstić information content (AvgIpc) is 3.97. The van der Waals surface area contributed by atoms with Crippen LogP contribution >= 0.6 is 0 Å². The standard InChI is InChI=1S/C68H61BN3O/c1-38-29-57(39-17-13-12-14-18-39)71(11)58-37-60-55(33-45(38)58)69-63-43(25-26-44-48-30-46-42-19-15-16-20-51(42)68(9,10)52(46)34-59(48)72(60)64(44)63)47-31-49-50-32-53-54(67(7,8)28-27-66(53,5)6)35-61(50)73-62(49)36-56(47)70-41-23-21-40(22-24-41)65(2,3)4/h12-26,29-37,70H,1,27-28H2,2-11H3. The normalized spacial score (nSPS) is 16.8. The van der Waals surface area contributed by atoms with E-state index in [0.29, 0.717) is 0 Å². The summed E-state index contributed by atoms with van der Waals surface area (Å²) in [6.45, 7) is 25.9. The van der Waals surface area contributed by atoms with Gasteiger partial charge >= 0.3 is 0 Å². The highest BCUT2D eigenvalue weighted by Crippen LogP contribution is 2.53. The number of benzene rings is 8. The van der Waals surface area contributed by atoms with Crippen molar-refractivity contribution < 1.29 is 4.42 Å². The van der Waals surface area contributed by atoms with Gasteiger partial charge in [0.05, 0.1) is 16.9 Å². The number of nitrogens with one attached hydrogen (secondary N) is 1. The van der Waals surface area contributed by atoms with Crippen molar-refractivity contribution in [3.63, 3.8) is 0 Å². The zero-order valence-electron chi connectivity index (χ0n) is 43.9. The zero-order valence-corrected chi connectivity index (χ0v) is 43.9. The summed E-state index contributed by atoms with van der Waals surface area (Å²) in [7, 11) is 4.66. The fourth-order valence-corrected chi connectivity index (χ4v) is 13.3. The van der Waals surface area contributed by atoms with Crippen LogP contribution in [0.1, 0.15) is 114 Å². The highest BCUT2D eigenvalue weighted by molar-refractivity contribution is 6.73. The zero-order chi connectivity index (χ0) is 50.2. The number of fused-ring (bicyclic) bond motifs is 13. The van der Waals surface area contributed by atoms with Crippen molar-refractivity contribution in [3.8, 4) is 27.9 Å². The lowest BCUT2D eigenvalue weighted by Crippen LogP contribution is -2.38. The fourth-order valence-electron chi connectivity index (χ4n) is 13.3. The number of nitrogens with zero attached hydrogens (tertiary/aromatic N) is 2. The van der Waals surface area contributed by atoms with Crippen molar-refractivity contribution in [1.29, 1.82) is 0 Å². The predicted molar refractivity (Wildman–Crippen MR) is 312 cm³/mol. The maximum Gasteiger partial charge on any atom is 0.197 e. The van der Waals surface area contributed by atoms with Gasteiger partial charge in [-0.05, 0) is 145 Å². The minimum Gasteiger partial charge on any atom is -0.456 e. The molecule has 0 saturated heterocycles. The Kier molecular flexibility index (Phi) is 8.98. The minimum absolute atomic E-state index is 0.0443. The molecule has 4 nitrogen and oxygen atoms in total. The summed E-state index contributed by atoms with van der Waals surface area (Å²) in [6.07, 6.45) is 4.55. The maximum atomic E-state index is 6.98. The Bertz CT molecular complexity index is 4110. The predicted octanol–water partition coefficient (Wildman–Crippen LogP) is 16.5. The molecule has 10 aromatic rings. The number of hydrogen-bond acceptors (Lipinski definition) is 3. The molecule has 73 heavy (non-hydrogen) atoms. The molecular weight excluding hydrogens is 886 g/mol. The van der Waals surface area contributed by atoms with Crippen LogP contribution in [0.2, 0.25) is 0 Å². The Labute approximate surface area is 430 Å². The van der Waals surface area contributed by atoms with Crippen LogP contribution in [0.3, 0.4) is 0 Å². The van der Waals surface area contributed by atoms with Crippen molar-refractivity contribution in [2.45, 2.75) is 96.8 Å². The van der Waals surface area contributed by atoms with E-state index >= 15 is 0 Å². The Morgan fingerprint density at radius 2 is 1.27 bits per heavy atom. The molecule has 5 heteroatoms. The third-order valence-corrected chi connectivity index (χ3v) is 17.7. The van der Waals surface area contributed by atoms with Gasteiger partial charge in [-0.2, -0.15) is 0 Å². The molecule has 0 saturated carbocycles. The Balaban J connectivity index is 1.04. The molecule has 0 spiro atoms. The Morgan fingerprint density at radius 3 is 2.03 bits per heavy atom. The van der Waals surface area contributed by atoms with E-state index < -0.39 is 0 Å². The van der Waals surface area contributed by atoms with Crippen LogP contribution in [0.15, 0.2) is 157 Å². The molecule has 0 unspecified atom stereocenters. The molecule has 0 bridgehead atoms. The summed E-state index contributed by atoms with van der Waals surface area (Å²) in [5.41, 5.74) is 27.4. The van der Waals surface area contributed by atoms with Crippen LogP contribution in [0.4, 0.5) is 17.1 Å². The molecular formula is C68H61BN3O. The molecule has 2 aliphatic heterocycles. The summed E-state index contributed by atoms with van der Waals surface area (Å²) in [4.78, 5) is 2.35. The molecule has 8 aromatic carbocycles. The largest absolute Gasteiger partial charge is 0.456 e. The number of rotatable bonds is 4. The first-order chi connectivity index (χ1) is 34.9. The molecule has 0 fully saturated rings. The smallest absolute Gasteiger partial charge is 0.197 e. The highest BCUT2D eigenvalue weighted by Gasteiger charge is 2.40. The first-order valence-corrected chi connectivity index (χ1v) is 26.3. The summed E-state index contributed by atoms with van der Waals surface area (Å²) < 4.78 is 9.57. The number of allylic oxidation sites excluding steroid dienone is 2. The van der Waals surface area contributed by atoms with E-state index in [9.17, 15) is 0 Å². The van der Waals surface area contributed by atoms with Gasteiger partial charge in [0.25, 0.3) is 0 Å². The molecule has 0 amide bonds. The first-order valence-electron chi connectivity index (χ1n) is 26.3. The maximum absolute atomic E-state index is 6.98. The molecule has 2 aromatic heterocycles. The topological polar surface area (TPSA) is 33.3 Å². The van der Waals surface area contributed by atoms with Crippen LogP contribution in [-0.2, 0) is 21.7 Å². The fraction of sp³-hybridized carbons (Fsp3) is 0.235. The number of furan rings is 1. The average molecular weight is 947 g/mol. The monoisotopic (exact) mass is 946 g/mol. The van der Waals surface area contributed by atoms with Gasteiger partial charge in [-0.25, -0.2) is 0 Å². The summed E-state index contributed by atoms with van der Waals surface area (Å²) in [5.74, 6) is 0.